The Morgan fingerprint density at radius 1 is 1.56 bits per heavy atom. The molecule has 1 unspecified atom stereocenters. The highest BCUT2D eigenvalue weighted by molar-refractivity contribution is 4.76. The molecule has 1 rings (SSSR count). The predicted molar refractivity (Wildman–Crippen MR) is 38.5 cm³/mol. The second kappa shape index (κ2) is 3.18. The van der Waals surface area contributed by atoms with E-state index in [-0.39, 0.29) is 0 Å². The minimum Gasteiger partial charge on any atom is -0.314 e. The van der Waals surface area contributed by atoms with Crippen LogP contribution in [0.2, 0.25) is 0 Å². The molecule has 0 bridgehead atoms. The Labute approximate surface area is 57.0 Å². The standard InChI is InChI=1S/C7H15N2/c1-6(2)7-5-8-3-4-9-7/h6-8H,3-5H2,1-2H3. The van der Waals surface area contributed by atoms with Gasteiger partial charge in [0.15, 0.2) is 0 Å². The van der Waals surface area contributed by atoms with E-state index in [9.17, 15) is 0 Å². The Kier molecular flexibility index (Phi) is 2.49. The molecule has 1 aliphatic heterocycles. The number of hydrogen-bond acceptors (Lipinski definition) is 1. The van der Waals surface area contributed by atoms with Crippen molar-refractivity contribution in [2.45, 2.75) is 19.9 Å². The lowest BCUT2D eigenvalue weighted by atomic mass is 10.0. The van der Waals surface area contributed by atoms with E-state index in [4.69, 9.17) is 0 Å². The normalized spacial score (nSPS) is 29.0. The third-order valence-electron chi connectivity index (χ3n) is 1.78. The van der Waals surface area contributed by atoms with Gasteiger partial charge in [-0.2, -0.15) is 0 Å². The molecular formula is C7H15N2. The van der Waals surface area contributed by atoms with Crippen LogP contribution in [-0.4, -0.2) is 25.7 Å². The first-order valence-electron chi connectivity index (χ1n) is 3.68. The largest absolute Gasteiger partial charge is 0.314 e. The highest BCUT2D eigenvalue weighted by Gasteiger charge is 2.15. The van der Waals surface area contributed by atoms with Crippen molar-refractivity contribution in [3.8, 4) is 0 Å². The first-order valence-corrected chi connectivity index (χ1v) is 3.68. The molecule has 53 valence electrons. The summed E-state index contributed by atoms with van der Waals surface area (Å²) < 4.78 is 0. The number of rotatable bonds is 1. The minimum absolute atomic E-state index is 0.568. The van der Waals surface area contributed by atoms with Crippen molar-refractivity contribution >= 4 is 0 Å². The fraction of sp³-hybridized carbons (Fsp3) is 1.00. The van der Waals surface area contributed by atoms with E-state index in [1.165, 1.54) is 0 Å². The van der Waals surface area contributed by atoms with Gasteiger partial charge in [0.1, 0.15) is 0 Å². The molecule has 2 nitrogen and oxygen atoms in total. The fourth-order valence-electron chi connectivity index (χ4n) is 1.07. The zero-order chi connectivity index (χ0) is 6.69. The lowest BCUT2D eigenvalue weighted by Crippen LogP contribution is -2.46. The van der Waals surface area contributed by atoms with Crippen LogP contribution in [0.5, 0.6) is 0 Å². The Balaban J connectivity index is 2.23. The molecule has 0 amide bonds. The number of nitrogens with zero attached hydrogens (tertiary/aromatic N) is 1. The quantitative estimate of drug-likeness (QED) is 0.535. The molecule has 0 aliphatic carbocycles. The van der Waals surface area contributed by atoms with Crippen LogP contribution in [0.3, 0.4) is 0 Å². The van der Waals surface area contributed by atoms with Gasteiger partial charge in [-0.3, -0.25) is 0 Å². The summed E-state index contributed by atoms with van der Waals surface area (Å²) >= 11 is 0. The van der Waals surface area contributed by atoms with Gasteiger partial charge in [0.2, 0.25) is 0 Å². The Bertz CT molecular complexity index is 75.0. The summed E-state index contributed by atoms with van der Waals surface area (Å²) in [5, 5.41) is 7.79. The van der Waals surface area contributed by atoms with E-state index in [0.29, 0.717) is 12.0 Å². The molecule has 1 radical (unpaired) electrons. The SMILES string of the molecule is CC(C)C1CNCC[N]1. The topological polar surface area (TPSA) is 26.1 Å². The summed E-state index contributed by atoms with van der Waals surface area (Å²) in [7, 11) is 0. The third kappa shape index (κ3) is 1.95. The molecular weight excluding hydrogens is 112 g/mol. The monoisotopic (exact) mass is 127 g/mol. The van der Waals surface area contributed by atoms with Gasteiger partial charge in [-0.25, -0.2) is 5.32 Å². The van der Waals surface area contributed by atoms with Gasteiger partial charge in [-0.15, -0.1) is 0 Å². The maximum Gasteiger partial charge on any atom is 0.0394 e. The summed E-state index contributed by atoms with van der Waals surface area (Å²) in [6.45, 7) is 7.60. The lowest BCUT2D eigenvalue weighted by molar-refractivity contribution is 0.335. The Morgan fingerprint density at radius 3 is 2.67 bits per heavy atom. The second-order valence-electron chi connectivity index (χ2n) is 2.92. The number of piperazine rings is 1. The maximum absolute atomic E-state index is 4.47. The summed E-state index contributed by atoms with van der Waals surface area (Å²) in [6.07, 6.45) is 0. The zero-order valence-electron chi connectivity index (χ0n) is 6.22. The first-order chi connectivity index (χ1) is 4.30. The van der Waals surface area contributed by atoms with Crippen LogP contribution in [0.25, 0.3) is 0 Å². The number of hydrogen-bond donors (Lipinski definition) is 1. The summed E-state index contributed by atoms with van der Waals surface area (Å²) in [4.78, 5) is 0. The van der Waals surface area contributed by atoms with Crippen LogP contribution < -0.4 is 10.6 Å². The van der Waals surface area contributed by atoms with Crippen molar-refractivity contribution in [3.05, 3.63) is 0 Å². The average Bonchev–Trinajstić information content (AvgIpc) is 1.90. The van der Waals surface area contributed by atoms with Gasteiger partial charge >= 0.3 is 0 Å². The van der Waals surface area contributed by atoms with E-state index in [1.807, 2.05) is 0 Å². The van der Waals surface area contributed by atoms with Crippen molar-refractivity contribution in [1.29, 1.82) is 0 Å². The molecule has 1 aliphatic rings. The van der Waals surface area contributed by atoms with Crippen molar-refractivity contribution < 1.29 is 0 Å². The zero-order valence-corrected chi connectivity index (χ0v) is 6.22. The van der Waals surface area contributed by atoms with Gasteiger partial charge in [0.05, 0.1) is 0 Å². The molecule has 1 fully saturated rings. The maximum atomic E-state index is 4.47. The molecule has 0 aromatic heterocycles. The van der Waals surface area contributed by atoms with E-state index >= 15 is 0 Å². The lowest BCUT2D eigenvalue weighted by Gasteiger charge is -2.25. The van der Waals surface area contributed by atoms with Crippen LogP contribution in [0.15, 0.2) is 0 Å². The first kappa shape index (κ1) is 7.03. The molecule has 0 spiro atoms. The van der Waals surface area contributed by atoms with Gasteiger partial charge in [0, 0.05) is 25.7 Å². The smallest absolute Gasteiger partial charge is 0.0394 e. The third-order valence-corrected chi connectivity index (χ3v) is 1.78. The summed E-state index contributed by atoms with van der Waals surface area (Å²) in [5.41, 5.74) is 0. The number of nitrogens with one attached hydrogen (secondary N) is 1. The Morgan fingerprint density at radius 2 is 2.33 bits per heavy atom. The molecule has 9 heavy (non-hydrogen) atoms. The Hall–Kier alpha value is -0.0800. The molecule has 0 aromatic carbocycles. The van der Waals surface area contributed by atoms with Crippen LogP contribution in [0.1, 0.15) is 13.8 Å². The van der Waals surface area contributed by atoms with Gasteiger partial charge in [-0.05, 0) is 5.92 Å². The van der Waals surface area contributed by atoms with E-state index in [1.54, 1.807) is 0 Å². The average molecular weight is 127 g/mol. The van der Waals surface area contributed by atoms with Gasteiger partial charge in [-0.1, -0.05) is 13.8 Å². The van der Waals surface area contributed by atoms with Gasteiger partial charge < -0.3 is 5.32 Å². The molecule has 0 saturated carbocycles. The van der Waals surface area contributed by atoms with Crippen LogP contribution in [0.4, 0.5) is 0 Å². The molecule has 2 heteroatoms. The van der Waals surface area contributed by atoms with E-state index in [2.05, 4.69) is 24.5 Å². The van der Waals surface area contributed by atoms with E-state index < -0.39 is 0 Å². The van der Waals surface area contributed by atoms with Gasteiger partial charge in [0.25, 0.3) is 0 Å². The van der Waals surface area contributed by atoms with Crippen molar-refractivity contribution in [3.63, 3.8) is 0 Å². The van der Waals surface area contributed by atoms with Crippen molar-refractivity contribution in [2.24, 2.45) is 5.92 Å². The van der Waals surface area contributed by atoms with Crippen LogP contribution in [0, 0.1) is 5.92 Å². The molecule has 1 saturated heterocycles. The fourth-order valence-corrected chi connectivity index (χ4v) is 1.07. The van der Waals surface area contributed by atoms with Crippen LogP contribution >= 0.6 is 0 Å². The molecule has 1 N–H and O–H groups in total. The summed E-state index contributed by atoms with van der Waals surface area (Å²) in [5.74, 6) is 0.706. The molecule has 1 heterocycles. The molecule has 0 aromatic rings. The molecule has 1 atom stereocenters. The van der Waals surface area contributed by atoms with Crippen LogP contribution in [-0.2, 0) is 0 Å². The highest BCUT2D eigenvalue weighted by Crippen LogP contribution is 2.02. The minimum atomic E-state index is 0.568. The van der Waals surface area contributed by atoms with E-state index in [0.717, 1.165) is 19.6 Å². The highest BCUT2D eigenvalue weighted by atomic mass is 15.1. The van der Waals surface area contributed by atoms with Crippen molar-refractivity contribution in [1.82, 2.24) is 10.6 Å². The van der Waals surface area contributed by atoms with Crippen molar-refractivity contribution in [2.75, 3.05) is 19.6 Å². The summed E-state index contributed by atoms with van der Waals surface area (Å²) in [6, 6.07) is 0.568. The second-order valence-corrected chi connectivity index (χ2v) is 2.92. The predicted octanol–water partition coefficient (Wildman–Crippen LogP) is 0.219.